The van der Waals surface area contributed by atoms with Crippen LogP contribution in [0.1, 0.15) is 42.6 Å². The number of carboxylic acids is 1. The van der Waals surface area contributed by atoms with Gasteiger partial charge < -0.3 is 9.67 Å². The number of halogens is 1. The van der Waals surface area contributed by atoms with Gasteiger partial charge in [-0.2, -0.15) is 0 Å². The first-order valence-corrected chi connectivity index (χ1v) is 7.97. The molecule has 106 valence electrons. The number of nitrogens with zero attached hydrogens (tertiary/aromatic N) is 1. The van der Waals surface area contributed by atoms with Crippen molar-refractivity contribution in [2.45, 2.75) is 38.6 Å². The summed E-state index contributed by atoms with van der Waals surface area (Å²) in [5.74, 6) is -0.242. The third-order valence-corrected chi connectivity index (χ3v) is 4.90. The largest absolute Gasteiger partial charge is 0.477 e. The zero-order valence-electron chi connectivity index (χ0n) is 11.3. The Bertz CT molecular complexity index is 641. The van der Waals surface area contributed by atoms with E-state index < -0.39 is 5.97 Å². The number of hydrogen-bond donors (Lipinski definition) is 1. The van der Waals surface area contributed by atoms with Gasteiger partial charge in [0.1, 0.15) is 5.69 Å². The average Bonchev–Trinajstić information content (AvgIpc) is 2.80. The van der Waals surface area contributed by atoms with E-state index in [4.69, 9.17) is 0 Å². The minimum absolute atomic E-state index is 0.400. The molecule has 2 aromatic rings. The molecule has 0 spiro atoms. The van der Waals surface area contributed by atoms with Gasteiger partial charge in [0.15, 0.2) is 0 Å². The van der Waals surface area contributed by atoms with Gasteiger partial charge in [0.25, 0.3) is 0 Å². The van der Waals surface area contributed by atoms with Crippen LogP contribution < -0.4 is 0 Å². The van der Waals surface area contributed by atoms with Crippen LogP contribution in [-0.4, -0.2) is 15.6 Å². The highest BCUT2D eigenvalue weighted by Gasteiger charge is 2.20. The summed E-state index contributed by atoms with van der Waals surface area (Å²) >= 11 is 3.56. The molecule has 0 atom stereocenters. The van der Waals surface area contributed by atoms with Crippen LogP contribution in [-0.2, 0) is 6.54 Å². The Morgan fingerprint density at radius 2 is 2.05 bits per heavy atom. The predicted octanol–water partition coefficient (Wildman–Crippen LogP) is 4.68. The fourth-order valence-electron chi connectivity index (χ4n) is 3.27. The van der Waals surface area contributed by atoms with E-state index in [1.54, 1.807) is 6.07 Å². The van der Waals surface area contributed by atoms with E-state index in [0.717, 1.165) is 21.9 Å². The fourth-order valence-corrected chi connectivity index (χ4v) is 3.87. The van der Waals surface area contributed by atoms with Gasteiger partial charge >= 0.3 is 5.97 Å². The van der Waals surface area contributed by atoms with Gasteiger partial charge in [-0.25, -0.2) is 4.79 Å². The van der Waals surface area contributed by atoms with Gasteiger partial charge in [-0.1, -0.05) is 31.4 Å². The van der Waals surface area contributed by atoms with Gasteiger partial charge in [-0.3, -0.25) is 0 Å². The highest BCUT2D eigenvalue weighted by atomic mass is 79.9. The lowest BCUT2D eigenvalue weighted by atomic mass is 9.89. The minimum Gasteiger partial charge on any atom is -0.477 e. The first-order chi connectivity index (χ1) is 9.66. The number of aromatic carboxylic acids is 1. The molecule has 0 bridgehead atoms. The number of carboxylic acid groups (broad SMARTS) is 1. The lowest BCUT2D eigenvalue weighted by molar-refractivity contribution is 0.0684. The maximum Gasteiger partial charge on any atom is 0.352 e. The van der Waals surface area contributed by atoms with Crippen molar-refractivity contribution in [3.05, 3.63) is 34.4 Å². The monoisotopic (exact) mass is 335 g/mol. The molecule has 0 aliphatic heterocycles. The molecule has 1 N–H and O–H groups in total. The zero-order valence-corrected chi connectivity index (χ0v) is 12.9. The van der Waals surface area contributed by atoms with Crippen LogP contribution in [0.15, 0.2) is 28.7 Å². The van der Waals surface area contributed by atoms with Gasteiger partial charge in [-0.15, -0.1) is 0 Å². The molecule has 4 heteroatoms. The van der Waals surface area contributed by atoms with Crippen molar-refractivity contribution in [1.29, 1.82) is 0 Å². The van der Waals surface area contributed by atoms with E-state index in [-0.39, 0.29) is 0 Å². The number of benzene rings is 1. The second-order valence-corrected chi connectivity index (χ2v) is 6.48. The third-order valence-electron chi connectivity index (χ3n) is 4.26. The summed E-state index contributed by atoms with van der Waals surface area (Å²) in [7, 11) is 0. The highest BCUT2D eigenvalue weighted by Crippen LogP contribution is 2.31. The van der Waals surface area contributed by atoms with Crippen LogP contribution in [0.2, 0.25) is 0 Å². The Balaban J connectivity index is 2.06. The van der Waals surface area contributed by atoms with Gasteiger partial charge in [0.05, 0.1) is 5.52 Å². The van der Waals surface area contributed by atoms with E-state index in [1.807, 2.05) is 22.8 Å². The Morgan fingerprint density at radius 1 is 1.30 bits per heavy atom. The second kappa shape index (κ2) is 5.60. The summed E-state index contributed by atoms with van der Waals surface area (Å²) in [6.45, 7) is 0.813. The van der Waals surface area contributed by atoms with Crippen LogP contribution in [0.25, 0.3) is 10.9 Å². The van der Waals surface area contributed by atoms with Crippen LogP contribution in [0, 0.1) is 5.92 Å². The summed E-state index contributed by atoms with van der Waals surface area (Å²) in [4.78, 5) is 11.5. The van der Waals surface area contributed by atoms with E-state index in [0.29, 0.717) is 11.6 Å². The van der Waals surface area contributed by atoms with Crippen LogP contribution in [0.4, 0.5) is 0 Å². The molecule has 1 saturated carbocycles. The molecule has 3 rings (SSSR count). The number of hydrogen-bond acceptors (Lipinski definition) is 1. The number of aromatic nitrogens is 1. The van der Waals surface area contributed by atoms with Crippen LogP contribution >= 0.6 is 15.9 Å². The van der Waals surface area contributed by atoms with Crippen molar-refractivity contribution < 1.29 is 9.90 Å². The quantitative estimate of drug-likeness (QED) is 0.884. The number of rotatable bonds is 3. The lowest BCUT2D eigenvalue weighted by Gasteiger charge is -2.23. The second-order valence-electron chi connectivity index (χ2n) is 5.63. The average molecular weight is 336 g/mol. The van der Waals surface area contributed by atoms with E-state index in [2.05, 4.69) is 15.9 Å². The summed E-state index contributed by atoms with van der Waals surface area (Å²) in [6.07, 6.45) is 6.28. The summed E-state index contributed by atoms with van der Waals surface area (Å²) in [5, 5.41) is 10.4. The normalized spacial score (nSPS) is 16.6. The molecular weight excluding hydrogens is 318 g/mol. The molecule has 1 aliphatic rings. The molecular formula is C16H18BrNO2. The predicted molar refractivity (Wildman–Crippen MR) is 83.2 cm³/mol. The lowest BCUT2D eigenvalue weighted by Crippen LogP contribution is -2.17. The molecule has 1 aromatic heterocycles. The Kier molecular flexibility index (Phi) is 3.83. The minimum atomic E-state index is -0.844. The molecule has 0 radical (unpaired) electrons. The SMILES string of the molecule is O=C(O)c1cc2cccc(Br)c2n1CC1CCCCC1. The Labute approximate surface area is 126 Å². The molecule has 0 amide bonds. The van der Waals surface area contributed by atoms with Crippen molar-refractivity contribution in [2.24, 2.45) is 5.92 Å². The first kappa shape index (κ1) is 13.7. The smallest absolute Gasteiger partial charge is 0.352 e. The number of fused-ring (bicyclic) bond motifs is 1. The van der Waals surface area contributed by atoms with Crippen LogP contribution in [0.3, 0.4) is 0 Å². The molecule has 1 aliphatic carbocycles. The van der Waals surface area contributed by atoms with Gasteiger partial charge in [-0.05, 0) is 46.8 Å². The van der Waals surface area contributed by atoms with Crippen molar-refractivity contribution in [1.82, 2.24) is 4.57 Å². The van der Waals surface area contributed by atoms with Crippen molar-refractivity contribution in [3.63, 3.8) is 0 Å². The molecule has 20 heavy (non-hydrogen) atoms. The highest BCUT2D eigenvalue weighted by molar-refractivity contribution is 9.10. The van der Waals surface area contributed by atoms with Crippen molar-refractivity contribution in [2.75, 3.05) is 0 Å². The molecule has 0 unspecified atom stereocenters. The number of carbonyl (C=O) groups is 1. The van der Waals surface area contributed by atoms with Crippen molar-refractivity contribution in [3.8, 4) is 0 Å². The molecule has 1 heterocycles. The fraction of sp³-hybridized carbons (Fsp3) is 0.438. The molecule has 1 fully saturated rings. The third kappa shape index (κ3) is 2.49. The maximum atomic E-state index is 11.5. The van der Waals surface area contributed by atoms with E-state index in [1.165, 1.54) is 32.1 Å². The molecule has 1 aromatic carbocycles. The summed E-state index contributed by atoms with van der Waals surface area (Å²) in [5.41, 5.74) is 1.41. The van der Waals surface area contributed by atoms with E-state index >= 15 is 0 Å². The topological polar surface area (TPSA) is 42.2 Å². The van der Waals surface area contributed by atoms with Crippen molar-refractivity contribution >= 4 is 32.8 Å². The summed E-state index contributed by atoms with van der Waals surface area (Å²) < 4.78 is 2.95. The number of para-hydroxylation sites is 1. The zero-order chi connectivity index (χ0) is 14.1. The maximum absolute atomic E-state index is 11.5. The van der Waals surface area contributed by atoms with Gasteiger partial charge in [0, 0.05) is 16.4 Å². The van der Waals surface area contributed by atoms with E-state index in [9.17, 15) is 9.90 Å². The Hall–Kier alpha value is -1.29. The molecule has 3 nitrogen and oxygen atoms in total. The summed E-state index contributed by atoms with van der Waals surface area (Å²) in [6, 6.07) is 7.68. The van der Waals surface area contributed by atoms with Crippen LogP contribution in [0.5, 0.6) is 0 Å². The standard InChI is InChI=1S/C16H18BrNO2/c17-13-8-4-7-12-9-14(16(19)20)18(15(12)13)10-11-5-2-1-3-6-11/h4,7-9,11H,1-3,5-6,10H2,(H,19,20). The first-order valence-electron chi connectivity index (χ1n) is 7.18. The molecule has 0 saturated heterocycles. The van der Waals surface area contributed by atoms with Gasteiger partial charge in [0.2, 0.25) is 0 Å². The Morgan fingerprint density at radius 3 is 2.75 bits per heavy atom.